The Hall–Kier alpha value is -1.68. The van der Waals surface area contributed by atoms with Crippen LogP contribution in [0.3, 0.4) is 0 Å². The standard InChI is InChI=1S/C17H21BrN2O/c1-13-7-8-15(12-17(13)20(2)3)19-9-10-21-16-6-4-5-14(18)11-16/h4-8,11-12,19H,9-10H2,1-3H3. The van der Waals surface area contributed by atoms with Crippen molar-refractivity contribution in [1.82, 2.24) is 0 Å². The fourth-order valence-electron chi connectivity index (χ4n) is 2.12. The van der Waals surface area contributed by atoms with Crippen LogP contribution in [0.15, 0.2) is 46.9 Å². The monoisotopic (exact) mass is 348 g/mol. The van der Waals surface area contributed by atoms with E-state index in [0.717, 1.165) is 22.5 Å². The number of anilines is 2. The van der Waals surface area contributed by atoms with Crippen LogP contribution >= 0.6 is 15.9 Å². The van der Waals surface area contributed by atoms with Crippen molar-refractivity contribution in [3.05, 3.63) is 52.5 Å². The molecular formula is C17H21BrN2O. The molecule has 0 aliphatic heterocycles. The molecule has 0 spiro atoms. The first-order valence-corrected chi connectivity index (χ1v) is 7.76. The van der Waals surface area contributed by atoms with Crippen LogP contribution in [-0.2, 0) is 0 Å². The zero-order valence-corrected chi connectivity index (χ0v) is 14.3. The summed E-state index contributed by atoms with van der Waals surface area (Å²) in [6, 6.07) is 14.3. The van der Waals surface area contributed by atoms with Gasteiger partial charge in [-0.1, -0.05) is 28.1 Å². The van der Waals surface area contributed by atoms with E-state index in [4.69, 9.17) is 4.74 Å². The molecule has 0 aliphatic rings. The van der Waals surface area contributed by atoms with Crippen molar-refractivity contribution < 1.29 is 4.74 Å². The number of nitrogens with one attached hydrogen (secondary N) is 1. The zero-order valence-electron chi connectivity index (χ0n) is 12.7. The van der Waals surface area contributed by atoms with E-state index < -0.39 is 0 Å². The van der Waals surface area contributed by atoms with Gasteiger partial charge in [0.05, 0.1) is 0 Å². The van der Waals surface area contributed by atoms with E-state index in [1.165, 1.54) is 11.3 Å². The Bertz CT molecular complexity index is 599. The molecule has 2 rings (SSSR count). The number of nitrogens with zero attached hydrogens (tertiary/aromatic N) is 1. The number of ether oxygens (including phenoxy) is 1. The van der Waals surface area contributed by atoms with Crippen molar-refractivity contribution >= 4 is 27.3 Å². The molecule has 0 amide bonds. The van der Waals surface area contributed by atoms with Crippen molar-refractivity contribution in [1.29, 1.82) is 0 Å². The van der Waals surface area contributed by atoms with E-state index in [2.05, 4.69) is 65.4 Å². The third-order valence-corrected chi connectivity index (χ3v) is 3.68. The molecule has 2 aromatic carbocycles. The van der Waals surface area contributed by atoms with Crippen molar-refractivity contribution in [2.24, 2.45) is 0 Å². The van der Waals surface area contributed by atoms with Gasteiger partial charge in [0.2, 0.25) is 0 Å². The molecule has 0 atom stereocenters. The Balaban J connectivity index is 1.85. The first kappa shape index (κ1) is 15.7. The molecule has 0 heterocycles. The second-order valence-electron chi connectivity index (χ2n) is 5.13. The van der Waals surface area contributed by atoms with E-state index in [-0.39, 0.29) is 0 Å². The van der Waals surface area contributed by atoms with Crippen LogP contribution in [0.5, 0.6) is 5.75 Å². The molecule has 0 saturated carbocycles. The highest BCUT2D eigenvalue weighted by molar-refractivity contribution is 9.10. The van der Waals surface area contributed by atoms with Crippen molar-refractivity contribution in [2.45, 2.75) is 6.92 Å². The Morgan fingerprint density at radius 2 is 1.95 bits per heavy atom. The minimum atomic E-state index is 0.627. The molecule has 4 heteroatoms. The summed E-state index contributed by atoms with van der Waals surface area (Å²) in [4.78, 5) is 2.12. The van der Waals surface area contributed by atoms with Crippen LogP contribution in [0.2, 0.25) is 0 Å². The lowest BCUT2D eigenvalue weighted by atomic mass is 10.1. The fraction of sp³-hybridized carbons (Fsp3) is 0.294. The predicted octanol–water partition coefficient (Wildman–Crippen LogP) is 4.31. The summed E-state index contributed by atoms with van der Waals surface area (Å²) < 4.78 is 6.74. The molecule has 112 valence electrons. The summed E-state index contributed by atoms with van der Waals surface area (Å²) in [5.74, 6) is 0.879. The van der Waals surface area contributed by atoms with Crippen LogP contribution in [0, 0.1) is 6.92 Å². The van der Waals surface area contributed by atoms with E-state index in [9.17, 15) is 0 Å². The number of hydrogen-bond donors (Lipinski definition) is 1. The molecule has 0 unspecified atom stereocenters. The molecule has 0 aliphatic carbocycles. The average molecular weight is 349 g/mol. The highest BCUT2D eigenvalue weighted by atomic mass is 79.9. The second-order valence-corrected chi connectivity index (χ2v) is 6.04. The molecular weight excluding hydrogens is 328 g/mol. The van der Waals surface area contributed by atoms with Gasteiger partial charge < -0.3 is 15.0 Å². The minimum Gasteiger partial charge on any atom is -0.492 e. The maximum Gasteiger partial charge on any atom is 0.120 e. The van der Waals surface area contributed by atoms with Gasteiger partial charge in [-0.2, -0.15) is 0 Å². The summed E-state index contributed by atoms with van der Waals surface area (Å²) in [5.41, 5.74) is 3.62. The van der Waals surface area contributed by atoms with Gasteiger partial charge in [0.15, 0.2) is 0 Å². The van der Waals surface area contributed by atoms with Crippen LogP contribution in [0.4, 0.5) is 11.4 Å². The normalized spacial score (nSPS) is 10.3. The lowest BCUT2D eigenvalue weighted by molar-refractivity contribution is 0.332. The van der Waals surface area contributed by atoms with Crippen molar-refractivity contribution in [2.75, 3.05) is 37.5 Å². The smallest absolute Gasteiger partial charge is 0.120 e. The van der Waals surface area contributed by atoms with Gasteiger partial charge in [-0.3, -0.25) is 0 Å². The molecule has 1 N–H and O–H groups in total. The van der Waals surface area contributed by atoms with E-state index in [1.54, 1.807) is 0 Å². The Labute approximate surface area is 135 Å². The van der Waals surface area contributed by atoms with Crippen LogP contribution in [-0.4, -0.2) is 27.2 Å². The summed E-state index contributed by atoms with van der Waals surface area (Å²) >= 11 is 3.44. The quantitative estimate of drug-likeness (QED) is 0.787. The van der Waals surface area contributed by atoms with Gasteiger partial charge in [-0.15, -0.1) is 0 Å². The van der Waals surface area contributed by atoms with Crippen LogP contribution in [0.25, 0.3) is 0 Å². The average Bonchev–Trinajstić information content (AvgIpc) is 2.45. The van der Waals surface area contributed by atoms with E-state index in [0.29, 0.717) is 6.61 Å². The fourth-order valence-corrected chi connectivity index (χ4v) is 2.50. The largest absolute Gasteiger partial charge is 0.492 e. The zero-order chi connectivity index (χ0) is 15.2. The maximum absolute atomic E-state index is 5.71. The first-order valence-electron chi connectivity index (χ1n) is 6.96. The van der Waals surface area contributed by atoms with Crippen molar-refractivity contribution in [3.63, 3.8) is 0 Å². The molecule has 3 nitrogen and oxygen atoms in total. The molecule has 0 saturated heterocycles. The number of aryl methyl sites for hydroxylation is 1. The Morgan fingerprint density at radius 1 is 1.14 bits per heavy atom. The molecule has 0 aromatic heterocycles. The summed E-state index contributed by atoms with van der Waals surface area (Å²) in [7, 11) is 4.12. The highest BCUT2D eigenvalue weighted by Crippen LogP contribution is 2.22. The second kappa shape index (κ2) is 7.36. The van der Waals surface area contributed by atoms with Crippen LogP contribution in [0.1, 0.15) is 5.56 Å². The van der Waals surface area contributed by atoms with Gasteiger partial charge >= 0.3 is 0 Å². The molecule has 21 heavy (non-hydrogen) atoms. The summed E-state index contributed by atoms with van der Waals surface area (Å²) in [6.45, 7) is 3.51. The predicted molar refractivity (Wildman–Crippen MR) is 93.6 cm³/mol. The van der Waals surface area contributed by atoms with Gasteiger partial charge in [0.1, 0.15) is 12.4 Å². The third kappa shape index (κ3) is 4.67. The van der Waals surface area contributed by atoms with Gasteiger partial charge in [0, 0.05) is 36.5 Å². The van der Waals surface area contributed by atoms with Gasteiger partial charge in [0.25, 0.3) is 0 Å². The molecule has 2 aromatic rings. The van der Waals surface area contributed by atoms with Gasteiger partial charge in [-0.05, 0) is 42.8 Å². The van der Waals surface area contributed by atoms with Crippen LogP contribution < -0.4 is 15.0 Å². The number of halogens is 1. The Kier molecular flexibility index (Phi) is 5.51. The molecule has 0 fully saturated rings. The lowest BCUT2D eigenvalue weighted by Crippen LogP contribution is -2.13. The molecule has 0 radical (unpaired) electrons. The van der Waals surface area contributed by atoms with E-state index in [1.807, 2.05) is 24.3 Å². The van der Waals surface area contributed by atoms with Crippen molar-refractivity contribution in [3.8, 4) is 5.75 Å². The highest BCUT2D eigenvalue weighted by Gasteiger charge is 2.02. The minimum absolute atomic E-state index is 0.627. The molecule has 0 bridgehead atoms. The Morgan fingerprint density at radius 3 is 2.67 bits per heavy atom. The lowest BCUT2D eigenvalue weighted by Gasteiger charge is -2.17. The van der Waals surface area contributed by atoms with E-state index >= 15 is 0 Å². The number of rotatable bonds is 6. The summed E-state index contributed by atoms with van der Waals surface area (Å²) in [6.07, 6.45) is 0. The third-order valence-electron chi connectivity index (χ3n) is 3.19. The SMILES string of the molecule is Cc1ccc(NCCOc2cccc(Br)c2)cc1N(C)C. The van der Waals surface area contributed by atoms with Gasteiger partial charge in [-0.25, -0.2) is 0 Å². The maximum atomic E-state index is 5.71. The topological polar surface area (TPSA) is 24.5 Å². The number of benzene rings is 2. The summed E-state index contributed by atoms with van der Waals surface area (Å²) in [5, 5.41) is 3.39. The number of hydrogen-bond acceptors (Lipinski definition) is 3. The first-order chi connectivity index (χ1) is 10.1.